The predicted octanol–water partition coefficient (Wildman–Crippen LogP) is 4.23. The van der Waals surface area contributed by atoms with Gasteiger partial charge in [0.1, 0.15) is 0 Å². The smallest absolute Gasteiger partial charge is 0.0629 e. The normalized spacial score (nSPS) is 42.0. The van der Waals surface area contributed by atoms with Crippen LogP contribution in [0.3, 0.4) is 0 Å². The molecule has 122 valence electrons. The summed E-state index contributed by atoms with van der Waals surface area (Å²) in [5, 5.41) is 4.27. The van der Waals surface area contributed by atoms with E-state index in [0.717, 1.165) is 17.9 Å². The van der Waals surface area contributed by atoms with Gasteiger partial charge >= 0.3 is 0 Å². The third kappa shape index (κ3) is 3.59. The minimum Gasteiger partial charge on any atom is -0.301 e. The molecule has 2 saturated heterocycles. The number of nitrogens with zero attached hydrogens (tertiary/aromatic N) is 1. The number of fused-ring (bicyclic) bond motifs is 1. The van der Waals surface area contributed by atoms with Crippen molar-refractivity contribution in [3.63, 3.8) is 0 Å². The molecule has 1 N–H and O–H groups in total. The van der Waals surface area contributed by atoms with E-state index >= 15 is 0 Å². The molecule has 0 amide bonds. The summed E-state index contributed by atoms with van der Waals surface area (Å²) in [5.41, 5.74) is 0.392. The molecule has 1 saturated carbocycles. The van der Waals surface area contributed by atoms with E-state index in [2.05, 4.69) is 31.0 Å². The van der Waals surface area contributed by atoms with Crippen molar-refractivity contribution in [2.75, 3.05) is 13.1 Å². The van der Waals surface area contributed by atoms with Gasteiger partial charge in [-0.25, -0.2) is 0 Å². The van der Waals surface area contributed by atoms with Gasteiger partial charge in [0, 0.05) is 18.0 Å². The lowest BCUT2D eigenvalue weighted by atomic mass is 9.82. The Morgan fingerprint density at radius 3 is 2.48 bits per heavy atom. The molecular formula is C18H33ClN2. The Kier molecular flexibility index (Phi) is 4.88. The topological polar surface area (TPSA) is 15.3 Å². The van der Waals surface area contributed by atoms with Gasteiger partial charge in [-0.05, 0) is 68.7 Å². The molecule has 3 unspecified atom stereocenters. The SMILES string of the molecule is CC(C)(C)C1CC2CCCNC2N1CC1CCC(Cl)CC1. The van der Waals surface area contributed by atoms with Crippen LogP contribution >= 0.6 is 11.6 Å². The first-order chi connectivity index (χ1) is 9.95. The van der Waals surface area contributed by atoms with Crippen molar-refractivity contribution in [1.82, 2.24) is 10.2 Å². The van der Waals surface area contributed by atoms with E-state index in [4.69, 9.17) is 11.6 Å². The highest BCUT2D eigenvalue weighted by atomic mass is 35.5. The van der Waals surface area contributed by atoms with E-state index in [1.165, 1.54) is 58.0 Å². The Hall–Kier alpha value is 0.210. The van der Waals surface area contributed by atoms with Gasteiger partial charge < -0.3 is 5.32 Å². The van der Waals surface area contributed by atoms with Gasteiger partial charge in [0.05, 0.1) is 6.17 Å². The summed E-state index contributed by atoms with van der Waals surface area (Å²) in [6, 6.07) is 0.742. The van der Waals surface area contributed by atoms with Crippen LogP contribution in [0.2, 0.25) is 0 Å². The summed E-state index contributed by atoms with van der Waals surface area (Å²) in [6.45, 7) is 9.79. The maximum absolute atomic E-state index is 6.28. The second-order valence-corrected chi connectivity index (χ2v) is 9.35. The Morgan fingerprint density at radius 1 is 1.10 bits per heavy atom. The molecule has 3 heteroatoms. The summed E-state index contributed by atoms with van der Waals surface area (Å²) >= 11 is 6.28. The number of alkyl halides is 1. The first kappa shape index (κ1) is 16.1. The predicted molar refractivity (Wildman–Crippen MR) is 90.7 cm³/mol. The highest BCUT2D eigenvalue weighted by molar-refractivity contribution is 6.20. The van der Waals surface area contributed by atoms with Crippen LogP contribution in [-0.4, -0.2) is 35.6 Å². The third-order valence-corrected chi connectivity index (χ3v) is 6.52. The van der Waals surface area contributed by atoms with E-state index in [0.29, 0.717) is 17.0 Å². The zero-order chi connectivity index (χ0) is 15.0. The Labute approximate surface area is 136 Å². The lowest BCUT2D eigenvalue weighted by molar-refractivity contribution is 0.0594. The molecule has 0 spiro atoms. The second kappa shape index (κ2) is 6.37. The molecule has 3 aliphatic rings. The fourth-order valence-electron chi connectivity index (χ4n) is 4.88. The third-order valence-electron chi connectivity index (χ3n) is 6.08. The standard InChI is InChI=1S/C18H33ClN2/c1-18(2,3)16-11-14-5-4-10-20-17(14)21(16)12-13-6-8-15(19)9-7-13/h13-17,20H,4-12H2,1-3H3. The molecule has 0 aromatic carbocycles. The first-order valence-corrected chi connectivity index (χ1v) is 9.52. The fourth-order valence-corrected chi connectivity index (χ4v) is 5.14. The van der Waals surface area contributed by atoms with E-state index in [-0.39, 0.29) is 0 Å². The molecule has 2 nitrogen and oxygen atoms in total. The molecule has 2 aliphatic heterocycles. The van der Waals surface area contributed by atoms with Crippen LogP contribution in [0.15, 0.2) is 0 Å². The van der Waals surface area contributed by atoms with Gasteiger partial charge in [0.15, 0.2) is 0 Å². The van der Waals surface area contributed by atoms with Crippen molar-refractivity contribution < 1.29 is 0 Å². The van der Waals surface area contributed by atoms with Crippen LogP contribution in [0.1, 0.15) is 65.7 Å². The summed E-state index contributed by atoms with van der Waals surface area (Å²) in [5.74, 6) is 1.75. The monoisotopic (exact) mass is 312 g/mol. The van der Waals surface area contributed by atoms with Gasteiger partial charge in [0.25, 0.3) is 0 Å². The lowest BCUT2D eigenvalue weighted by Crippen LogP contribution is -2.53. The van der Waals surface area contributed by atoms with Gasteiger partial charge in [-0.1, -0.05) is 20.8 Å². The zero-order valence-corrected chi connectivity index (χ0v) is 14.8. The van der Waals surface area contributed by atoms with E-state index in [1.807, 2.05) is 0 Å². The van der Waals surface area contributed by atoms with Crippen molar-refractivity contribution in [2.24, 2.45) is 17.3 Å². The molecule has 0 aromatic rings. The highest BCUT2D eigenvalue weighted by Gasteiger charge is 2.46. The maximum Gasteiger partial charge on any atom is 0.0629 e. The Bertz CT molecular complexity index is 344. The number of piperidine rings is 1. The molecule has 0 bridgehead atoms. The minimum absolute atomic E-state index is 0.392. The largest absolute Gasteiger partial charge is 0.301 e. The molecule has 0 aromatic heterocycles. The average Bonchev–Trinajstić information content (AvgIpc) is 2.81. The van der Waals surface area contributed by atoms with Crippen molar-refractivity contribution in [1.29, 1.82) is 0 Å². The maximum atomic E-state index is 6.28. The summed E-state index contributed by atoms with van der Waals surface area (Å²) in [6.07, 6.45) is 9.95. The summed E-state index contributed by atoms with van der Waals surface area (Å²) < 4.78 is 0. The van der Waals surface area contributed by atoms with Crippen molar-refractivity contribution in [3.05, 3.63) is 0 Å². The van der Waals surface area contributed by atoms with Crippen molar-refractivity contribution in [2.45, 2.75) is 83.3 Å². The number of halogens is 1. The molecular weight excluding hydrogens is 280 g/mol. The van der Waals surface area contributed by atoms with Gasteiger partial charge in [-0.15, -0.1) is 11.6 Å². The average molecular weight is 313 g/mol. The first-order valence-electron chi connectivity index (χ1n) is 9.08. The van der Waals surface area contributed by atoms with Crippen LogP contribution in [0.5, 0.6) is 0 Å². The summed E-state index contributed by atoms with van der Waals surface area (Å²) in [4.78, 5) is 2.85. The Morgan fingerprint density at radius 2 is 1.81 bits per heavy atom. The molecule has 1 aliphatic carbocycles. The molecule has 0 radical (unpaired) electrons. The van der Waals surface area contributed by atoms with Crippen LogP contribution in [-0.2, 0) is 0 Å². The number of nitrogens with one attached hydrogen (secondary N) is 1. The molecule has 3 atom stereocenters. The van der Waals surface area contributed by atoms with Crippen molar-refractivity contribution >= 4 is 11.6 Å². The molecule has 21 heavy (non-hydrogen) atoms. The number of likely N-dealkylation sites (tertiary alicyclic amines) is 1. The van der Waals surface area contributed by atoms with Crippen LogP contribution in [0, 0.1) is 17.3 Å². The van der Waals surface area contributed by atoms with Crippen LogP contribution in [0.25, 0.3) is 0 Å². The van der Waals surface area contributed by atoms with E-state index in [1.54, 1.807) is 0 Å². The van der Waals surface area contributed by atoms with Crippen LogP contribution in [0.4, 0.5) is 0 Å². The lowest BCUT2D eigenvalue weighted by Gasteiger charge is -2.42. The van der Waals surface area contributed by atoms with Gasteiger partial charge in [0.2, 0.25) is 0 Å². The van der Waals surface area contributed by atoms with E-state index < -0.39 is 0 Å². The summed E-state index contributed by atoms with van der Waals surface area (Å²) in [7, 11) is 0. The van der Waals surface area contributed by atoms with E-state index in [9.17, 15) is 0 Å². The minimum atomic E-state index is 0.392. The molecule has 3 rings (SSSR count). The fraction of sp³-hybridized carbons (Fsp3) is 1.00. The number of hydrogen-bond donors (Lipinski definition) is 1. The second-order valence-electron chi connectivity index (χ2n) is 8.73. The van der Waals surface area contributed by atoms with Gasteiger partial charge in [-0.2, -0.15) is 0 Å². The molecule has 2 heterocycles. The van der Waals surface area contributed by atoms with Crippen molar-refractivity contribution in [3.8, 4) is 0 Å². The van der Waals surface area contributed by atoms with Crippen LogP contribution < -0.4 is 5.32 Å². The van der Waals surface area contributed by atoms with Gasteiger partial charge in [-0.3, -0.25) is 4.90 Å². The Balaban J connectivity index is 1.69. The zero-order valence-electron chi connectivity index (χ0n) is 14.1. The highest BCUT2D eigenvalue weighted by Crippen LogP contribution is 2.43. The quantitative estimate of drug-likeness (QED) is 0.768. The number of hydrogen-bond acceptors (Lipinski definition) is 2. The number of rotatable bonds is 2. The molecule has 3 fully saturated rings.